The minimum Gasteiger partial charge on any atom is -0.489 e. The Hall–Kier alpha value is -3.40. The molecule has 0 bridgehead atoms. The van der Waals surface area contributed by atoms with Crippen LogP contribution in [0.5, 0.6) is 5.75 Å². The predicted octanol–water partition coefficient (Wildman–Crippen LogP) is 8.65. The van der Waals surface area contributed by atoms with Gasteiger partial charge in [0.05, 0.1) is 5.41 Å². The number of carbonyl (C=O) groups is 1. The van der Waals surface area contributed by atoms with Gasteiger partial charge in [0.2, 0.25) is 0 Å². The molecule has 0 radical (unpaired) electrons. The molecule has 0 aliphatic heterocycles. The number of aliphatic carboxylic acids is 1. The van der Waals surface area contributed by atoms with Crippen molar-refractivity contribution < 1.29 is 19.0 Å². The third kappa shape index (κ3) is 4.20. The van der Waals surface area contributed by atoms with Crippen molar-refractivity contribution in [1.82, 2.24) is 0 Å². The fourth-order valence-electron chi connectivity index (χ4n) is 7.23. The maximum atomic E-state index is 15.0. The summed E-state index contributed by atoms with van der Waals surface area (Å²) in [4.78, 5) is 12.1. The summed E-state index contributed by atoms with van der Waals surface area (Å²) in [6, 6.07) is 17.7. The second-order valence-corrected chi connectivity index (χ2v) is 12.8. The number of hydrogen-bond donors (Lipinski definition) is 1. The summed E-state index contributed by atoms with van der Waals surface area (Å²) in [6.07, 6.45) is 8.01. The number of hydrogen-bond acceptors (Lipinski definition) is 2. The fourth-order valence-corrected chi connectivity index (χ4v) is 7.23. The van der Waals surface area contributed by atoms with Gasteiger partial charge in [-0.1, -0.05) is 49.8 Å². The molecule has 2 atom stereocenters. The molecule has 0 unspecified atom stereocenters. The molecule has 3 aromatic carbocycles. The van der Waals surface area contributed by atoms with E-state index in [4.69, 9.17) is 4.74 Å². The van der Waals surface area contributed by atoms with Crippen LogP contribution < -0.4 is 4.74 Å². The number of carboxylic acids is 1. The van der Waals surface area contributed by atoms with Gasteiger partial charge in [-0.3, -0.25) is 4.79 Å². The van der Waals surface area contributed by atoms with Crippen LogP contribution in [0.3, 0.4) is 0 Å². The molecule has 1 N–H and O–H groups in total. The molecule has 1 spiro atoms. The first kappa shape index (κ1) is 25.9. The summed E-state index contributed by atoms with van der Waals surface area (Å²) in [6.45, 7) is 8.79. The van der Waals surface area contributed by atoms with Gasteiger partial charge in [0.25, 0.3) is 0 Å². The Balaban J connectivity index is 1.32. The Morgan fingerprint density at radius 3 is 2.51 bits per heavy atom. The van der Waals surface area contributed by atoms with Crippen molar-refractivity contribution in [3.63, 3.8) is 0 Å². The summed E-state index contributed by atoms with van der Waals surface area (Å²) < 4.78 is 21.3. The minimum atomic E-state index is -0.705. The monoisotopic (exact) mass is 524 g/mol. The van der Waals surface area contributed by atoms with E-state index in [0.29, 0.717) is 18.6 Å². The maximum absolute atomic E-state index is 15.0. The number of rotatable bonds is 6. The van der Waals surface area contributed by atoms with E-state index in [2.05, 4.69) is 38.1 Å². The van der Waals surface area contributed by atoms with Crippen molar-refractivity contribution in [3.05, 3.63) is 94.3 Å². The van der Waals surface area contributed by atoms with Gasteiger partial charge in [-0.05, 0) is 122 Å². The fraction of sp³-hybridized carbons (Fsp3) is 0.400. The molecular weight excluding hydrogens is 487 g/mol. The van der Waals surface area contributed by atoms with E-state index in [1.165, 1.54) is 11.1 Å². The molecule has 0 heterocycles. The Labute approximate surface area is 230 Å². The second kappa shape index (κ2) is 9.08. The minimum absolute atomic E-state index is 0.0163. The van der Waals surface area contributed by atoms with E-state index < -0.39 is 11.4 Å². The molecule has 1 fully saturated rings. The molecular formula is C35H37FO3. The first-order valence-electron chi connectivity index (χ1n) is 14.1. The normalized spacial score (nSPS) is 24.8. The summed E-state index contributed by atoms with van der Waals surface area (Å²) in [5.41, 5.74) is 7.38. The highest BCUT2D eigenvalue weighted by Crippen LogP contribution is 2.69. The van der Waals surface area contributed by atoms with Crippen LogP contribution in [0.4, 0.5) is 4.39 Å². The number of carboxylic acid groups (broad SMARTS) is 1. The van der Waals surface area contributed by atoms with Crippen molar-refractivity contribution in [3.8, 4) is 16.9 Å². The summed E-state index contributed by atoms with van der Waals surface area (Å²) in [5.74, 6) is -0.146. The molecule has 3 nitrogen and oxygen atoms in total. The van der Waals surface area contributed by atoms with Crippen LogP contribution >= 0.6 is 0 Å². The average Bonchev–Trinajstić information content (AvgIpc) is 3.35. The standard InChI is InChI=1S/C35H37FO3/c1-22-9-14-31(36)28(17-22)26-13-10-23(18-27(26)29-8-6-15-33(29,2)3)20-39-25-12-11-24-7-5-16-35(30(24)19-25)21-34(35,4)32(37)38/h8-14,17-19H,5-7,15-16,20-21H2,1-4H3,(H,37,38)/t34-,35+/m1/s1. The lowest BCUT2D eigenvalue weighted by Crippen LogP contribution is -2.27. The number of fused-ring (bicyclic) bond motifs is 2. The molecule has 6 rings (SSSR count). The first-order chi connectivity index (χ1) is 18.5. The third-order valence-corrected chi connectivity index (χ3v) is 9.74. The van der Waals surface area contributed by atoms with Crippen molar-refractivity contribution >= 4 is 11.5 Å². The Morgan fingerprint density at radius 2 is 1.79 bits per heavy atom. The van der Waals surface area contributed by atoms with Crippen LogP contribution in [0.15, 0.2) is 60.7 Å². The number of halogens is 1. The number of benzene rings is 3. The van der Waals surface area contributed by atoms with Crippen molar-refractivity contribution in [1.29, 1.82) is 0 Å². The Morgan fingerprint density at radius 1 is 0.974 bits per heavy atom. The van der Waals surface area contributed by atoms with Gasteiger partial charge in [-0.2, -0.15) is 0 Å². The third-order valence-electron chi connectivity index (χ3n) is 9.74. The van der Waals surface area contributed by atoms with Crippen LogP contribution in [-0.2, 0) is 23.2 Å². The van der Waals surface area contributed by atoms with Crippen molar-refractivity contribution in [2.24, 2.45) is 10.8 Å². The molecule has 202 valence electrons. The molecule has 0 saturated heterocycles. The molecule has 3 aliphatic carbocycles. The van der Waals surface area contributed by atoms with Gasteiger partial charge in [-0.15, -0.1) is 0 Å². The SMILES string of the molecule is Cc1ccc(F)c(-c2ccc(COc3ccc4c(c3)[C@]3(CCC4)C[C@]3(C)C(=O)O)cc2C2=CCCC2(C)C)c1. The lowest BCUT2D eigenvalue weighted by Gasteiger charge is -2.29. The summed E-state index contributed by atoms with van der Waals surface area (Å²) >= 11 is 0. The summed E-state index contributed by atoms with van der Waals surface area (Å²) in [7, 11) is 0. The lowest BCUT2D eigenvalue weighted by molar-refractivity contribution is -0.143. The molecule has 1 saturated carbocycles. The highest BCUT2D eigenvalue weighted by atomic mass is 19.1. The molecule has 3 aliphatic rings. The van der Waals surface area contributed by atoms with Crippen LogP contribution in [0.25, 0.3) is 16.7 Å². The molecule has 4 heteroatoms. The number of ether oxygens (including phenoxy) is 1. The lowest BCUT2D eigenvalue weighted by atomic mass is 9.75. The zero-order valence-corrected chi connectivity index (χ0v) is 23.4. The van der Waals surface area contributed by atoms with Gasteiger partial charge in [0.15, 0.2) is 0 Å². The van der Waals surface area contributed by atoms with E-state index in [0.717, 1.165) is 65.7 Å². The van der Waals surface area contributed by atoms with Gasteiger partial charge >= 0.3 is 5.97 Å². The second-order valence-electron chi connectivity index (χ2n) is 12.8. The predicted molar refractivity (Wildman–Crippen MR) is 153 cm³/mol. The first-order valence-corrected chi connectivity index (χ1v) is 14.1. The van der Waals surface area contributed by atoms with E-state index in [-0.39, 0.29) is 16.6 Å². The Bertz CT molecular complexity index is 1520. The molecule has 0 aromatic heterocycles. The summed E-state index contributed by atoms with van der Waals surface area (Å²) in [5, 5.41) is 9.91. The zero-order valence-electron chi connectivity index (χ0n) is 23.4. The van der Waals surface area contributed by atoms with E-state index in [9.17, 15) is 9.90 Å². The maximum Gasteiger partial charge on any atom is 0.310 e. The Kier molecular flexibility index (Phi) is 6.02. The quantitative estimate of drug-likeness (QED) is 0.351. The zero-order chi connectivity index (χ0) is 27.6. The van der Waals surface area contributed by atoms with Gasteiger partial charge in [0.1, 0.15) is 18.2 Å². The smallest absolute Gasteiger partial charge is 0.310 e. The molecule has 0 amide bonds. The number of allylic oxidation sites excluding steroid dienone is 2. The van der Waals surface area contributed by atoms with Gasteiger partial charge in [-0.25, -0.2) is 4.39 Å². The topological polar surface area (TPSA) is 46.5 Å². The van der Waals surface area contributed by atoms with Crippen molar-refractivity contribution in [2.45, 2.75) is 78.2 Å². The largest absolute Gasteiger partial charge is 0.489 e. The van der Waals surface area contributed by atoms with Crippen LogP contribution in [0.1, 0.15) is 80.7 Å². The van der Waals surface area contributed by atoms with E-state index in [1.54, 1.807) is 6.07 Å². The van der Waals surface area contributed by atoms with Gasteiger partial charge < -0.3 is 9.84 Å². The van der Waals surface area contributed by atoms with Crippen molar-refractivity contribution in [2.75, 3.05) is 0 Å². The average molecular weight is 525 g/mol. The molecule has 39 heavy (non-hydrogen) atoms. The van der Waals surface area contributed by atoms with Gasteiger partial charge in [0, 0.05) is 11.0 Å². The number of aryl methyl sites for hydroxylation is 2. The van der Waals surface area contributed by atoms with Crippen LogP contribution in [0.2, 0.25) is 0 Å². The van der Waals surface area contributed by atoms with Crippen LogP contribution in [-0.4, -0.2) is 11.1 Å². The molecule has 3 aromatic rings. The van der Waals surface area contributed by atoms with E-state index >= 15 is 4.39 Å². The highest BCUT2D eigenvalue weighted by molar-refractivity contribution is 5.85. The highest BCUT2D eigenvalue weighted by Gasteiger charge is 2.70. The van der Waals surface area contributed by atoms with Crippen LogP contribution in [0, 0.1) is 23.6 Å². The van der Waals surface area contributed by atoms with E-state index in [1.807, 2.05) is 44.2 Å².